The topological polar surface area (TPSA) is 40.1 Å². The van der Waals surface area contributed by atoms with Crippen LogP contribution in [0.5, 0.6) is 0 Å². The third kappa shape index (κ3) is 1.77. The first kappa shape index (κ1) is 6.71. The molecular weight excluding hydrogens is 136 g/mol. The lowest BCUT2D eigenvalue weighted by molar-refractivity contribution is 0.529. The van der Waals surface area contributed by atoms with Gasteiger partial charge in [-0.15, -0.1) is 0 Å². The van der Waals surface area contributed by atoms with Crippen molar-refractivity contribution < 1.29 is 8.76 Å². The van der Waals surface area contributed by atoms with E-state index in [-0.39, 0.29) is 5.25 Å². The van der Waals surface area contributed by atoms with E-state index < -0.39 is 11.1 Å². The molecule has 0 saturated carbocycles. The van der Waals surface area contributed by atoms with Crippen LogP contribution in [-0.2, 0) is 11.1 Å². The van der Waals surface area contributed by atoms with Crippen molar-refractivity contribution in [2.45, 2.75) is 11.7 Å². The second kappa shape index (κ2) is 2.94. The van der Waals surface area contributed by atoms with E-state index in [1.54, 1.807) is 12.2 Å². The Bertz CT molecular complexity index is 172. The fourth-order valence-electron chi connectivity index (χ4n) is 0.701. The fourth-order valence-corrected chi connectivity index (χ4v) is 1.19. The van der Waals surface area contributed by atoms with E-state index in [2.05, 4.69) is 0 Å². The molecule has 1 aliphatic carbocycles. The van der Waals surface area contributed by atoms with Crippen molar-refractivity contribution in [2.24, 2.45) is 0 Å². The van der Waals surface area contributed by atoms with Gasteiger partial charge in [0.2, 0.25) is 0 Å². The number of hydrogen-bond acceptors (Lipinski definition) is 2. The molecule has 2 nitrogen and oxygen atoms in total. The van der Waals surface area contributed by atoms with Crippen molar-refractivity contribution in [2.75, 3.05) is 0 Å². The van der Waals surface area contributed by atoms with Gasteiger partial charge in [0.25, 0.3) is 0 Å². The van der Waals surface area contributed by atoms with Gasteiger partial charge in [-0.1, -0.05) is 24.3 Å². The summed E-state index contributed by atoms with van der Waals surface area (Å²) in [4.78, 5) is 0. The number of rotatable bonds is 1. The first-order valence-electron chi connectivity index (χ1n) is 2.72. The predicted octanol–water partition coefficient (Wildman–Crippen LogP) is 0.750. The summed E-state index contributed by atoms with van der Waals surface area (Å²) in [6, 6.07) is 0. The summed E-state index contributed by atoms with van der Waals surface area (Å²) in [7, 11) is 0. The minimum absolute atomic E-state index is 0.296. The van der Waals surface area contributed by atoms with Crippen LogP contribution >= 0.6 is 0 Å². The van der Waals surface area contributed by atoms with E-state index in [4.69, 9.17) is 0 Å². The van der Waals surface area contributed by atoms with Crippen molar-refractivity contribution >= 4 is 11.1 Å². The van der Waals surface area contributed by atoms with Crippen molar-refractivity contribution in [1.82, 2.24) is 0 Å². The van der Waals surface area contributed by atoms with Crippen LogP contribution in [-0.4, -0.2) is 14.0 Å². The molecule has 0 fully saturated rings. The Hall–Kier alpha value is -0.410. The first-order chi connectivity index (χ1) is 4.30. The zero-order valence-electron chi connectivity index (χ0n) is 4.82. The number of hydrogen-bond donors (Lipinski definition) is 0. The molecule has 9 heavy (non-hydrogen) atoms. The molecule has 1 aliphatic rings. The van der Waals surface area contributed by atoms with Gasteiger partial charge in [0.05, 0.1) is 0 Å². The van der Waals surface area contributed by atoms with E-state index >= 15 is 0 Å². The maximum absolute atomic E-state index is 10.3. The lowest BCUT2D eigenvalue weighted by Gasteiger charge is -2.14. The summed E-state index contributed by atoms with van der Waals surface area (Å²) >= 11 is -1.94. The standard InChI is InChI=1S/C6H8O2S/c7-9(8)6-4-2-1-3-5-6/h1-4,6H,5H2,(H,7,8)/p-1. The first-order valence-corrected chi connectivity index (χ1v) is 3.86. The molecule has 2 unspecified atom stereocenters. The SMILES string of the molecule is O=S([O-])C1C=CC=CC1. The summed E-state index contributed by atoms with van der Waals surface area (Å²) in [6.07, 6.45) is 7.75. The van der Waals surface area contributed by atoms with E-state index in [1.165, 1.54) is 0 Å². The predicted molar refractivity (Wildman–Crippen MR) is 35.6 cm³/mol. The maximum atomic E-state index is 10.3. The van der Waals surface area contributed by atoms with Crippen LogP contribution in [0.3, 0.4) is 0 Å². The number of allylic oxidation sites excluding steroid dienone is 3. The molecule has 0 heterocycles. The molecule has 1 rings (SSSR count). The van der Waals surface area contributed by atoms with E-state index in [0.717, 1.165) is 0 Å². The van der Waals surface area contributed by atoms with Crippen LogP contribution in [0.25, 0.3) is 0 Å². The zero-order chi connectivity index (χ0) is 6.69. The monoisotopic (exact) mass is 143 g/mol. The molecule has 0 aromatic carbocycles. The molecule has 0 spiro atoms. The molecule has 2 atom stereocenters. The Morgan fingerprint density at radius 1 is 1.56 bits per heavy atom. The lowest BCUT2D eigenvalue weighted by Crippen LogP contribution is -2.11. The van der Waals surface area contributed by atoms with Gasteiger partial charge < -0.3 is 4.55 Å². The van der Waals surface area contributed by atoms with Gasteiger partial charge in [0, 0.05) is 5.25 Å². The highest BCUT2D eigenvalue weighted by molar-refractivity contribution is 7.80. The molecule has 0 N–H and O–H groups in total. The third-order valence-electron chi connectivity index (χ3n) is 1.19. The lowest BCUT2D eigenvalue weighted by atomic mass is 10.2. The smallest absolute Gasteiger partial charge is 0.0433 e. The van der Waals surface area contributed by atoms with Gasteiger partial charge >= 0.3 is 0 Å². The average molecular weight is 143 g/mol. The van der Waals surface area contributed by atoms with Gasteiger partial charge in [-0.05, 0) is 17.5 Å². The molecule has 0 radical (unpaired) electrons. The van der Waals surface area contributed by atoms with Crippen molar-refractivity contribution in [1.29, 1.82) is 0 Å². The summed E-state index contributed by atoms with van der Waals surface area (Å²) in [6.45, 7) is 0. The molecule has 50 valence electrons. The molecular formula is C6H7O2S-. The minimum Gasteiger partial charge on any atom is -0.772 e. The summed E-state index contributed by atoms with van der Waals surface area (Å²) in [5.41, 5.74) is 0. The molecule has 0 amide bonds. The van der Waals surface area contributed by atoms with Gasteiger partial charge in [-0.3, -0.25) is 4.21 Å². The van der Waals surface area contributed by atoms with Crippen molar-refractivity contribution in [3.8, 4) is 0 Å². The molecule has 0 aromatic rings. The maximum Gasteiger partial charge on any atom is 0.0433 e. The highest BCUT2D eigenvalue weighted by Crippen LogP contribution is 2.07. The Balaban J connectivity index is 2.56. The largest absolute Gasteiger partial charge is 0.772 e. The fraction of sp³-hybridized carbons (Fsp3) is 0.333. The van der Waals surface area contributed by atoms with Crippen LogP contribution < -0.4 is 0 Å². The van der Waals surface area contributed by atoms with Crippen LogP contribution in [0.15, 0.2) is 24.3 Å². The summed E-state index contributed by atoms with van der Waals surface area (Å²) in [5.74, 6) is 0. The van der Waals surface area contributed by atoms with Crippen LogP contribution in [0.2, 0.25) is 0 Å². The Morgan fingerprint density at radius 3 is 2.67 bits per heavy atom. The summed E-state index contributed by atoms with van der Waals surface area (Å²) in [5, 5.41) is -0.296. The highest BCUT2D eigenvalue weighted by Gasteiger charge is 2.03. The molecule has 0 bridgehead atoms. The summed E-state index contributed by atoms with van der Waals surface area (Å²) < 4.78 is 20.5. The second-order valence-corrected chi connectivity index (χ2v) is 2.97. The molecule has 3 heteroatoms. The zero-order valence-corrected chi connectivity index (χ0v) is 5.64. The quantitative estimate of drug-likeness (QED) is 0.508. The van der Waals surface area contributed by atoms with Gasteiger partial charge in [-0.2, -0.15) is 0 Å². The van der Waals surface area contributed by atoms with E-state index in [0.29, 0.717) is 6.42 Å². The Morgan fingerprint density at radius 2 is 2.33 bits per heavy atom. The van der Waals surface area contributed by atoms with Crippen molar-refractivity contribution in [3.63, 3.8) is 0 Å². The van der Waals surface area contributed by atoms with E-state index in [9.17, 15) is 8.76 Å². The van der Waals surface area contributed by atoms with Crippen LogP contribution in [0.1, 0.15) is 6.42 Å². The Labute approximate surface area is 56.6 Å². The van der Waals surface area contributed by atoms with Crippen molar-refractivity contribution in [3.05, 3.63) is 24.3 Å². The highest BCUT2D eigenvalue weighted by atomic mass is 32.2. The van der Waals surface area contributed by atoms with Gasteiger partial charge in [-0.25, -0.2) is 0 Å². The minimum atomic E-state index is -1.94. The molecule has 0 aliphatic heterocycles. The molecule has 0 aromatic heterocycles. The van der Waals surface area contributed by atoms with Crippen LogP contribution in [0, 0.1) is 0 Å². The average Bonchev–Trinajstić information content (AvgIpc) is 1.90. The third-order valence-corrected chi connectivity index (χ3v) is 2.03. The molecule has 0 saturated heterocycles. The Kier molecular flexibility index (Phi) is 2.19. The second-order valence-electron chi connectivity index (χ2n) is 1.85. The van der Waals surface area contributed by atoms with Gasteiger partial charge in [0.15, 0.2) is 0 Å². The van der Waals surface area contributed by atoms with Crippen LogP contribution in [0.4, 0.5) is 0 Å². The van der Waals surface area contributed by atoms with Gasteiger partial charge in [0.1, 0.15) is 0 Å². The van der Waals surface area contributed by atoms with E-state index in [1.807, 2.05) is 12.2 Å². The normalized spacial score (nSPS) is 28.3.